The molecular weight excluding hydrogens is 206 g/mol. The normalized spacial score (nSPS) is 14.1. The maximum Gasteiger partial charge on any atom is 0.255 e. The zero-order chi connectivity index (χ0) is 11.1. The number of aromatic amines is 1. The van der Waals surface area contributed by atoms with Gasteiger partial charge in [0.1, 0.15) is 5.82 Å². The summed E-state index contributed by atoms with van der Waals surface area (Å²) < 4.78 is 1.68. The summed E-state index contributed by atoms with van der Waals surface area (Å²) in [6.45, 7) is 1.26. The summed E-state index contributed by atoms with van der Waals surface area (Å²) in [6, 6.07) is 0. The van der Waals surface area contributed by atoms with Crippen LogP contribution in [0.25, 0.3) is 11.4 Å². The van der Waals surface area contributed by atoms with Crippen LogP contribution in [-0.2, 0) is 20.1 Å². The second-order valence-corrected chi connectivity index (χ2v) is 3.85. The Bertz CT molecular complexity index is 597. The molecule has 6 heteroatoms. The van der Waals surface area contributed by atoms with E-state index < -0.39 is 0 Å². The van der Waals surface area contributed by atoms with E-state index in [1.54, 1.807) is 10.9 Å². The lowest BCUT2D eigenvalue weighted by Crippen LogP contribution is -2.15. The minimum absolute atomic E-state index is 0.0612. The number of nitrogens with one attached hydrogen (secondary N) is 2. The molecule has 1 aliphatic rings. The highest BCUT2D eigenvalue weighted by Crippen LogP contribution is 2.15. The van der Waals surface area contributed by atoms with Gasteiger partial charge in [-0.15, -0.1) is 0 Å². The van der Waals surface area contributed by atoms with Gasteiger partial charge >= 0.3 is 0 Å². The second-order valence-electron chi connectivity index (χ2n) is 3.85. The van der Waals surface area contributed by atoms with Crippen molar-refractivity contribution < 1.29 is 0 Å². The number of fused-ring (bicyclic) bond motifs is 1. The van der Waals surface area contributed by atoms with E-state index in [0.717, 1.165) is 16.8 Å². The second kappa shape index (κ2) is 3.28. The SMILES string of the molecule is Cn1cc(-c2nc3c(c(=O)[nH]2)CNC3)cn1. The summed E-state index contributed by atoms with van der Waals surface area (Å²) >= 11 is 0. The summed E-state index contributed by atoms with van der Waals surface area (Å²) in [6.07, 6.45) is 3.51. The first-order chi connectivity index (χ1) is 7.74. The van der Waals surface area contributed by atoms with Crippen LogP contribution in [0, 0.1) is 0 Å². The largest absolute Gasteiger partial charge is 0.307 e. The first-order valence-electron chi connectivity index (χ1n) is 5.06. The van der Waals surface area contributed by atoms with Crippen molar-refractivity contribution in [2.24, 2.45) is 7.05 Å². The number of H-pyrrole nitrogens is 1. The maximum atomic E-state index is 11.7. The van der Waals surface area contributed by atoms with E-state index in [2.05, 4.69) is 20.4 Å². The Morgan fingerprint density at radius 2 is 2.31 bits per heavy atom. The summed E-state index contributed by atoms with van der Waals surface area (Å²) in [7, 11) is 1.83. The number of nitrogens with zero attached hydrogens (tertiary/aromatic N) is 3. The molecule has 0 aliphatic carbocycles. The summed E-state index contributed by atoms with van der Waals surface area (Å²) in [5.41, 5.74) is 2.35. The first kappa shape index (κ1) is 9.29. The Morgan fingerprint density at radius 1 is 1.44 bits per heavy atom. The molecule has 0 fully saturated rings. The van der Waals surface area contributed by atoms with Gasteiger partial charge in [-0.2, -0.15) is 5.10 Å². The third-order valence-corrected chi connectivity index (χ3v) is 2.67. The van der Waals surface area contributed by atoms with Gasteiger partial charge in [0, 0.05) is 26.3 Å². The quantitative estimate of drug-likeness (QED) is 0.692. The fourth-order valence-corrected chi connectivity index (χ4v) is 1.86. The molecule has 3 heterocycles. The van der Waals surface area contributed by atoms with Crippen molar-refractivity contribution in [1.29, 1.82) is 0 Å². The Hall–Kier alpha value is -1.95. The molecule has 0 aromatic carbocycles. The molecule has 0 radical (unpaired) electrons. The fraction of sp³-hybridized carbons (Fsp3) is 0.300. The summed E-state index contributed by atoms with van der Waals surface area (Å²) in [5, 5.41) is 7.16. The average molecular weight is 217 g/mol. The average Bonchev–Trinajstić information content (AvgIpc) is 2.85. The topological polar surface area (TPSA) is 75.6 Å². The van der Waals surface area contributed by atoms with Gasteiger partial charge < -0.3 is 10.3 Å². The lowest BCUT2D eigenvalue weighted by Gasteiger charge is -2.00. The highest BCUT2D eigenvalue weighted by atomic mass is 16.1. The van der Waals surface area contributed by atoms with Crippen molar-refractivity contribution in [2.75, 3.05) is 0 Å². The molecule has 3 rings (SSSR count). The van der Waals surface area contributed by atoms with Crippen molar-refractivity contribution in [3.63, 3.8) is 0 Å². The van der Waals surface area contributed by atoms with Gasteiger partial charge in [-0.25, -0.2) is 4.98 Å². The summed E-state index contributed by atoms with van der Waals surface area (Å²) in [5.74, 6) is 0.584. The molecule has 0 spiro atoms. The molecule has 2 aromatic rings. The van der Waals surface area contributed by atoms with Crippen molar-refractivity contribution >= 4 is 0 Å². The number of aromatic nitrogens is 4. The van der Waals surface area contributed by atoms with Crippen LogP contribution in [0.2, 0.25) is 0 Å². The van der Waals surface area contributed by atoms with E-state index in [0.29, 0.717) is 18.9 Å². The smallest absolute Gasteiger partial charge is 0.255 e. The molecule has 2 N–H and O–H groups in total. The van der Waals surface area contributed by atoms with Crippen molar-refractivity contribution in [2.45, 2.75) is 13.1 Å². The third kappa shape index (κ3) is 1.35. The molecule has 0 saturated carbocycles. The molecule has 0 unspecified atom stereocenters. The molecule has 2 aromatic heterocycles. The lowest BCUT2D eigenvalue weighted by atomic mass is 10.2. The Balaban J connectivity index is 2.16. The lowest BCUT2D eigenvalue weighted by molar-refractivity contribution is 0.757. The minimum atomic E-state index is -0.0612. The van der Waals surface area contributed by atoms with E-state index in [-0.39, 0.29) is 5.56 Å². The minimum Gasteiger partial charge on any atom is -0.307 e. The van der Waals surface area contributed by atoms with Gasteiger partial charge in [-0.1, -0.05) is 0 Å². The Labute approximate surface area is 91.3 Å². The zero-order valence-corrected chi connectivity index (χ0v) is 8.82. The molecule has 0 saturated heterocycles. The van der Waals surface area contributed by atoms with Gasteiger partial charge in [0.05, 0.1) is 23.0 Å². The van der Waals surface area contributed by atoms with E-state index in [1.165, 1.54) is 0 Å². The number of hydrogen-bond donors (Lipinski definition) is 2. The number of hydrogen-bond acceptors (Lipinski definition) is 4. The van der Waals surface area contributed by atoms with Crippen molar-refractivity contribution in [3.05, 3.63) is 34.0 Å². The van der Waals surface area contributed by atoms with Crippen LogP contribution < -0.4 is 10.9 Å². The maximum absolute atomic E-state index is 11.7. The summed E-state index contributed by atoms with van der Waals surface area (Å²) in [4.78, 5) is 19.0. The van der Waals surface area contributed by atoms with E-state index in [1.807, 2.05) is 13.2 Å². The monoisotopic (exact) mass is 217 g/mol. The predicted octanol–water partition coefficient (Wildman–Crippen LogP) is -0.226. The number of rotatable bonds is 1. The molecular formula is C10H11N5O. The molecule has 0 atom stereocenters. The highest BCUT2D eigenvalue weighted by Gasteiger charge is 2.17. The van der Waals surface area contributed by atoms with E-state index in [4.69, 9.17) is 0 Å². The van der Waals surface area contributed by atoms with Crippen LogP contribution in [0.1, 0.15) is 11.3 Å². The van der Waals surface area contributed by atoms with Crippen LogP contribution >= 0.6 is 0 Å². The third-order valence-electron chi connectivity index (χ3n) is 2.67. The molecule has 16 heavy (non-hydrogen) atoms. The van der Waals surface area contributed by atoms with Crippen molar-refractivity contribution in [1.82, 2.24) is 25.1 Å². The Kier molecular flexibility index (Phi) is 1.90. The molecule has 0 amide bonds. The Morgan fingerprint density at radius 3 is 3.06 bits per heavy atom. The van der Waals surface area contributed by atoms with Gasteiger partial charge in [-0.05, 0) is 0 Å². The molecule has 82 valence electrons. The predicted molar refractivity (Wildman–Crippen MR) is 57.6 cm³/mol. The number of aryl methyl sites for hydroxylation is 1. The van der Waals surface area contributed by atoms with Gasteiger partial charge in [0.25, 0.3) is 5.56 Å². The van der Waals surface area contributed by atoms with Gasteiger partial charge in [0.15, 0.2) is 0 Å². The highest BCUT2D eigenvalue weighted by molar-refractivity contribution is 5.52. The van der Waals surface area contributed by atoms with Crippen LogP contribution in [-0.4, -0.2) is 19.7 Å². The van der Waals surface area contributed by atoms with Crippen molar-refractivity contribution in [3.8, 4) is 11.4 Å². The molecule has 1 aliphatic heterocycles. The fourth-order valence-electron chi connectivity index (χ4n) is 1.86. The zero-order valence-electron chi connectivity index (χ0n) is 8.82. The first-order valence-corrected chi connectivity index (χ1v) is 5.06. The van der Waals surface area contributed by atoms with Crippen LogP contribution in [0.5, 0.6) is 0 Å². The van der Waals surface area contributed by atoms with E-state index in [9.17, 15) is 4.79 Å². The molecule has 6 nitrogen and oxygen atoms in total. The standard InChI is InChI=1S/C10H11N5O/c1-15-5-6(2-12-15)9-13-8-4-11-3-7(8)10(16)14-9/h2,5,11H,3-4H2,1H3,(H,13,14,16). The van der Waals surface area contributed by atoms with Crippen LogP contribution in [0.15, 0.2) is 17.2 Å². The van der Waals surface area contributed by atoms with E-state index >= 15 is 0 Å². The van der Waals surface area contributed by atoms with Gasteiger partial charge in [-0.3, -0.25) is 9.48 Å². The van der Waals surface area contributed by atoms with Crippen LogP contribution in [0.4, 0.5) is 0 Å². The van der Waals surface area contributed by atoms with Crippen LogP contribution in [0.3, 0.4) is 0 Å². The molecule has 0 bridgehead atoms. The van der Waals surface area contributed by atoms with Gasteiger partial charge in [0.2, 0.25) is 0 Å².